The maximum atomic E-state index is 10.5. The van der Waals surface area contributed by atoms with E-state index in [2.05, 4.69) is 4.79 Å². The first-order valence-corrected chi connectivity index (χ1v) is 6.10. The summed E-state index contributed by atoms with van der Waals surface area (Å²) in [6.07, 6.45) is 1.28. The lowest BCUT2D eigenvalue weighted by Gasteiger charge is -1.86. The SMILES string of the molecule is CS(=O)(=O)C(=[N+]=[N-])S(C)(=O)=O. The molecular weight excluding hydrogens is 192 g/mol. The number of hydrogen-bond donors (Lipinski definition) is 0. The van der Waals surface area contributed by atoms with Crippen molar-refractivity contribution in [3.8, 4) is 0 Å². The van der Waals surface area contributed by atoms with E-state index in [1.54, 1.807) is 0 Å². The first kappa shape index (κ1) is 10.3. The summed E-state index contributed by atoms with van der Waals surface area (Å²) in [4.78, 5) is 2.17. The maximum Gasteiger partial charge on any atom is 0.494 e. The molecule has 0 aromatic rings. The minimum Gasteiger partial charge on any atom is -0.359 e. The van der Waals surface area contributed by atoms with Crippen molar-refractivity contribution < 1.29 is 21.6 Å². The minimum absolute atomic E-state index is 0.642. The van der Waals surface area contributed by atoms with Crippen LogP contribution in [-0.4, -0.2) is 38.5 Å². The average molecular weight is 198 g/mol. The van der Waals surface area contributed by atoms with Crippen LogP contribution in [-0.2, 0) is 19.7 Å². The topological polar surface area (TPSA) is 105 Å². The molecule has 0 rings (SSSR count). The van der Waals surface area contributed by atoms with E-state index in [1.165, 1.54) is 0 Å². The molecular formula is C3H6N2O4S2. The Morgan fingerprint density at radius 1 is 1.09 bits per heavy atom. The van der Waals surface area contributed by atoms with E-state index in [1.807, 2.05) is 0 Å². The average Bonchev–Trinajstić information content (AvgIpc) is 1.56. The second-order valence-electron chi connectivity index (χ2n) is 1.91. The van der Waals surface area contributed by atoms with Crippen LogP contribution in [0.25, 0.3) is 5.53 Å². The summed E-state index contributed by atoms with van der Waals surface area (Å²) in [5.41, 5.74) is 8.03. The number of sulfone groups is 2. The molecule has 0 unspecified atom stereocenters. The van der Waals surface area contributed by atoms with E-state index < -0.39 is 24.1 Å². The van der Waals surface area contributed by atoms with Crippen LogP contribution >= 0.6 is 0 Å². The Morgan fingerprint density at radius 3 is 1.36 bits per heavy atom. The Bertz CT molecular complexity index is 363. The van der Waals surface area contributed by atoms with E-state index in [4.69, 9.17) is 5.53 Å². The van der Waals surface area contributed by atoms with Gasteiger partial charge in [-0.15, -0.1) is 4.79 Å². The van der Waals surface area contributed by atoms with Gasteiger partial charge in [0.25, 0.3) is 19.7 Å². The first-order chi connectivity index (χ1) is 4.69. The van der Waals surface area contributed by atoms with Crippen molar-refractivity contribution in [3.63, 3.8) is 0 Å². The zero-order valence-corrected chi connectivity index (χ0v) is 7.48. The fourth-order valence-electron chi connectivity index (χ4n) is 0.423. The molecule has 0 amide bonds. The Balaban J connectivity index is 5.65. The highest BCUT2D eigenvalue weighted by Crippen LogP contribution is 1.94. The van der Waals surface area contributed by atoms with Gasteiger partial charge in [0.15, 0.2) is 0 Å². The lowest BCUT2D eigenvalue weighted by atomic mass is 11.7. The summed E-state index contributed by atoms with van der Waals surface area (Å²) in [5.74, 6) is 0. The summed E-state index contributed by atoms with van der Waals surface area (Å²) >= 11 is 0. The molecule has 0 bridgehead atoms. The van der Waals surface area contributed by atoms with Gasteiger partial charge in [0.1, 0.15) is 0 Å². The van der Waals surface area contributed by atoms with E-state index in [9.17, 15) is 16.8 Å². The van der Waals surface area contributed by atoms with Crippen LogP contribution in [0.15, 0.2) is 0 Å². The molecule has 8 heteroatoms. The summed E-state index contributed by atoms with van der Waals surface area (Å²) in [6.45, 7) is 0. The van der Waals surface area contributed by atoms with Gasteiger partial charge in [-0.3, -0.25) is 0 Å². The predicted octanol–water partition coefficient (Wildman–Crippen LogP) is -1.34. The van der Waals surface area contributed by atoms with Crippen molar-refractivity contribution in [1.29, 1.82) is 0 Å². The van der Waals surface area contributed by atoms with Gasteiger partial charge in [0.2, 0.25) is 0 Å². The first-order valence-electron chi connectivity index (χ1n) is 2.32. The molecule has 0 fully saturated rings. The fourth-order valence-corrected chi connectivity index (χ4v) is 2.92. The van der Waals surface area contributed by atoms with Crippen molar-refractivity contribution in [3.05, 3.63) is 5.53 Å². The van der Waals surface area contributed by atoms with Crippen LogP contribution in [0.5, 0.6) is 0 Å². The van der Waals surface area contributed by atoms with Crippen LogP contribution in [0.4, 0.5) is 0 Å². The number of rotatable bonds is 0. The highest BCUT2D eigenvalue weighted by molar-refractivity contribution is 8.30. The Hall–Kier alpha value is -0.720. The standard InChI is InChI=1S/C3H6N2O4S2/c1-10(6,7)3(5-4)11(2,8)9/h1-2H3. The second-order valence-corrected chi connectivity index (χ2v) is 6.03. The third-order valence-corrected chi connectivity index (χ3v) is 3.96. The van der Waals surface area contributed by atoms with Gasteiger partial charge in [0, 0.05) is 0 Å². The molecule has 0 aliphatic rings. The number of hydrogen-bond acceptors (Lipinski definition) is 4. The molecule has 0 atom stereocenters. The molecule has 0 aliphatic heterocycles. The van der Waals surface area contributed by atoms with Gasteiger partial charge >= 0.3 is 4.38 Å². The third kappa shape index (κ3) is 2.79. The van der Waals surface area contributed by atoms with Crippen molar-refractivity contribution in [1.82, 2.24) is 0 Å². The van der Waals surface area contributed by atoms with Crippen molar-refractivity contribution in [2.24, 2.45) is 0 Å². The Kier molecular flexibility index (Phi) is 2.55. The van der Waals surface area contributed by atoms with Gasteiger partial charge in [-0.2, -0.15) is 0 Å². The zero-order chi connectivity index (χ0) is 9.28. The quantitative estimate of drug-likeness (QED) is 0.208. The third-order valence-electron chi connectivity index (χ3n) is 0.716. The zero-order valence-electron chi connectivity index (χ0n) is 5.84. The van der Waals surface area contributed by atoms with Crippen molar-refractivity contribution in [2.45, 2.75) is 0 Å². The molecule has 0 aromatic carbocycles. The molecule has 0 aliphatic carbocycles. The van der Waals surface area contributed by atoms with Crippen molar-refractivity contribution >= 4 is 24.1 Å². The van der Waals surface area contributed by atoms with Gasteiger partial charge in [-0.1, -0.05) is 0 Å². The molecule has 6 nitrogen and oxygen atoms in total. The van der Waals surface area contributed by atoms with E-state index in [0.29, 0.717) is 12.5 Å². The molecule has 0 N–H and O–H groups in total. The predicted molar refractivity (Wildman–Crippen MR) is 38.3 cm³/mol. The highest BCUT2D eigenvalue weighted by atomic mass is 32.3. The fraction of sp³-hybridized carbons (Fsp3) is 0.667. The van der Waals surface area contributed by atoms with Crippen LogP contribution in [0.3, 0.4) is 0 Å². The summed E-state index contributed by atoms with van der Waals surface area (Å²) in [5, 5.41) is 0. The van der Waals surface area contributed by atoms with E-state index >= 15 is 0 Å². The molecule has 11 heavy (non-hydrogen) atoms. The Morgan fingerprint density at radius 2 is 1.36 bits per heavy atom. The van der Waals surface area contributed by atoms with Crippen LogP contribution in [0.2, 0.25) is 0 Å². The molecule has 0 spiro atoms. The normalized spacial score (nSPS) is 12.2. The second kappa shape index (κ2) is 2.72. The van der Waals surface area contributed by atoms with Crippen LogP contribution < -0.4 is 0 Å². The lowest BCUT2D eigenvalue weighted by molar-refractivity contribution is 0.00391. The molecule has 0 aromatic heterocycles. The summed E-state index contributed by atoms with van der Waals surface area (Å²) in [6, 6.07) is 0. The highest BCUT2D eigenvalue weighted by Gasteiger charge is 2.33. The Labute approximate surface area is 64.3 Å². The number of nitrogens with zero attached hydrogens (tertiary/aromatic N) is 2. The smallest absolute Gasteiger partial charge is 0.359 e. The van der Waals surface area contributed by atoms with Crippen LogP contribution in [0.1, 0.15) is 0 Å². The molecule has 64 valence electrons. The molecule has 0 saturated carbocycles. The lowest BCUT2D eigenvalue weighted by Crippen LogP contribution is -2.23. The van der Waals surface area contributed by atoms with Gasteiger partial charge in [0.05, 0.1) is 12.5 Å². The maximum absolute atomic E-state index is 10.5. The summed E-state index contributed by atoms with van der Waals surface area (Å²) in [7, 11) is -7.92. The monoisotopic (exact) mass is 198 g/mol. The van der Waals surface area contributed by atoms with Crippen LogP contribution in [0, 0.1) is 0 Å². The van der Waals surface area contributed by atoms with E-state index in [0.717, 1.165) is 0 Å². The summed E-state index contributed by atoms with van der Waals surface area (Å²) < 4.78 is 40.9. The molecule has 0 radical (unpaired) electrons. The minimum atomic E-state index is -3.96. The van der Waals surface area contributed by atoms with Crippen molar-refractivity contribution in [2.75, 3.05) is 12.5 Å². The van der Waals surface area contributed by atoms with Gasteiger partial charge < -0.3 is 5.53 Å². The molecule has 0 heterocycles. The van der Waals surface area contributed by atoms with E-state index in [-0.39, 0.29) is 0 Å². The molecule has 0 saturated heterocycles. The largest absolute Gasteiger partial charge is 0.494 e. The van der Waals surface area contributed by atoms with Gasteiger partial charge in [-0.05, 0) is 0 Å². The van der Waals surface area contributed by atoms with Gasteiger partial charge in [-0.25, -0.2) is 16.8 Å².